The molecule has 1 amide bonds. The third-order valence-electron chi connectivity index (χ3n) is 3.04. The summed E-state index contributed by atoms with van der Waals surface area (Å²) in [6, 6.07) is 2.62. The predicted octanol–water partition coefficient (Wildman–Crippen LogP) is 2.32. The van der Waals surface area contributed by atoms with Gasteiger partial charge in [0, 0.05) is 0 Å². The molecule has 0 fully saturated rings. The van der Waals surface area contributed by atoms with Crippen molar-refractivity contribution >= 4 is 17.6 Å². The number of anilines is 1. The first-order valence-electron chi connectivity index (χ1n) is 6.97. The Labute approximate surface area is 134 Å². The van der Waals surface area contributed by atoms with Gasteiger partial charge in [0.1, 0.15) is 6.10 Å². The highest BCUT2D eigenvalue weighted by atomic mass is 16.5. The number of carbonyl (C=O) groups excluding carboxylic acids is 1. The standard InChI is InChI=1S/C16H21NO6/c1-5-6-7-23-10(2)15(18)17-12-8-11(16(19)20)9-13(21-3)14(12)22-4/h5,8-10H,1,6-7H2,2-4H3,(H,17,18)(H,19,20). The largest absolute Gasteiger partial charge is 0.493 e. The second-order valence-corrected chi connectivity index (χ2v) is 4.64. The lowest BCUT2D eigenvalue weighted by atomic mass is 10.1. The molecule has 1 atom stereocenters. The van der Waals surface area contributed by atoms with Crippen molar-refractivity contribution in [2.45, 2.75) is 19.4 Å². The first kappa shape index (κ1) is 18.5. The topological polar surface area (TPSA) is 94.1 Å². The van der Waals surface area contributed by atoms with Gasteiger partial charge in [-0.15, -0.1) is 6.58 Å². The molecule has 0 aromatic heterocycles. The van der Waals surface area contributed by atoms with Crippen molar-refractivity contribution in [1.29, 1.82) is 0 Å². The summed E-state index contributed by atoms with van der Waals surface area (Å²) >= 11 is 0. The molecular formula is C16H21NO6. The van der Waals surface area contributed by atoms with Crippen LogP contribution in [0.3, 0.4) is 0 Å². The Balaban J connectivity index is 3.01. The molecule has 0 saturated heterocycles. The maximum atomic E-state index is 12.1. The molecule has 0 aliphatic rings. The quantitative estimate of drug-likeness (QED) is 0.535. The minimum Gasteiger partial charge on any atom is -0.493 e. The van der Waals surface area contributed by atoms with Crippen molar-refractivity contribution in [1.82, 2.24) is 0 Å². The van der Waals surface area contributed by atoms with Gasteiger partial charge < -0.3 is 24.6 Å². The zero-order chi connectivity index (χ0) is 17.4. The summed E-state index contributed by atoms with van der Waals surface area (Å²) in [5, 5.41) is 11.7. The van der Waals surface area contributed by atoms with Gasteiger partial charge in [-0.3, -0.25) is 4.79 Å². The molecule has 1 rings (SSSR count). The van der Waals surface area contributed by atoms with Crippen molar-refractivity contribution in [3.63, 3.8) is 0 Å². The zero-order valence-electron chi connectivity index (χ0n) is 13.4. The molecular weight excluding hydrogens is 302 g/mol. The van der Waals surface area contributed by atoms with E-state index >= 15 is 0 Å². The molecule has 23 heavy (non-hydrogen) atoms. The summed E-state index contributed by atoms with van der Waals surface area (Å²) in [5.74, 6) is -1.11. The average Bonchev–Trinajstić information content (AvgIpc) is 2.53. The van der Waals surface area contributed by atoms with E-state index in [2.05, 4.69) is 11.9 Å². The van der Waals surface area contributed by atoms with Crippen LogP contribution in [0.4, 0.5) is 5.69 Å². The number of carbonyl (C=O) groups is 2. The minimum atomic E-state index is -1.14. The third-order valence-corrected chi connectivity index (χ3v) is 3.04. The van der Waals surface area contributed by atoms with Gasteiger partial charge in [-0.25, -0.2) is 4.79 Å². The summed E-state index contributed by atoms with van der Waals surface area (Å²) in [5.41, 5.74) is 0.173. The van der Waals surface area contributed by atoms with Crippen LogP contribution in [0.25, 0.3) is 0 Å². The average molecular weight is 323 g/mol. The van der Waals surface area contributed by atoms with Crippen molar-refractivity contribution < 1.29 is 28.9 Å². The lowest BCUT2D eigenvalue weighted by Crippen LogP contribution is -2.28. The predicted molar refractivity (Wildman–Crippen MR) is 85.4 cm³/mol. The van der Waals surface area contributed by atoms with E-state index in [0.717, 1.165) is 0 Å². The number of methoxy groups -OCH3 is 2. The highest BCUT2D eigenvalue weighted by molar-refractivity contribution is 5.98. The summed E-state index contributed by atoms with van der Waals surface area (Å²) in [6.45, 7) is 5.54. The van der Waals surface area contributed by atoms with Crippen molar-refractivity contribution in [2.24, 2.45) is 0 Å². The van der Waals surface area contributed by atoms with Crippen LogP contribution < -0.4 is 14.8 Å². The second-order valence-electron chi connectivity index (χ2n) is 4.64. The molecule has 0 aliphatic heterocycles. The van der Waals surface area contributed by atoms with Crippen LogP contribution in [-0.2, 0) is 9.53 Å². The van der Waals surface area contributed by atoms with E-state index in [9.17, 15) is 9.59 Å². The fourth-order valence-corrected chi connectivity index (χ4v) is 1.82. The Morgan fingerprint density at radius 1 is 1.35 bits per heavy atom. The number of nitrogens with one attached hydrogen (secondary N) is 1. The van der Waals surface area contributed by atoms with E-state index in [4.69, 9.17) is 19.3 Å². The monoisotopic (exact) mass is 323 g/mol. The number of amides is 1. The summed E-state index contributed by atoms with van der Waals surface area (Å²) in [6.07, 6.45) is 1.61. The van der Waals surface area contributed by atoms with Crippen LogP contribution in [0.5, 0.6) is 11.5 Å². The van der Waals surface area contributed by atoms with Gasteiger partial charge in [0.05, 0.1) is 32.1 Å². The lowest BCUT2D eigenvalue weighted by Gasteiger charge is -2.17. The van der Waals surface area contributed by atoms with E-state index < -0.39 is 18.0 Å². The second kappa shape index (κ2) is 8.79. The van der Waals surface area contributed by atoms with Crippen LogP contribution in [0.1, 0.15) is 23.7 Å². The summed E-state index contributed by atoms with van der Waals surface area (Å²) < 4.78 is 15.7. The first-order chi connectivity index (χ1) is 10.9. The molecule has 0 heterocycles. The van der Waals surface area contributed by atoms with Crippen molar-refractivity contribution in [3.05, 3.63) is 30.4 Å². The molecule has 7 heteroatoms. The first-order valence-corrected chi connectivity index (χ1v) is 6.97. The number of benzene rings is 1. The number of hydrogen-bond acceptors (Lipinski definition) is 5. The van der Waals surface area contributed by atoms with Gasteiger partial charge in [-0.05, 0) is 25.5 Å². The van der Waals surface area contributed by atoms with E-state index in [0.29, 0.717) is 13.0 Å². The summed E-state index contributed by atoms with van der Waals surface area (Å²) in [7, 11) is 2.79. The van der Waals surface area contributed by atoms with E-state index in [1.807, 2.05) is 0 Å². The molecule has 1 aromatic carbocycles. The molecule has 0 bridgehead atoms. The molecule has 0 saturated carbocycles. The van der Waals surface area contributed by atoms with Gasteiger partial charge >= 0.3 is 5.97 Å². The number of carboxylic acid groups (broad SMARTS) is 1. The Kier molecular flexibility index (Phi) is 7.08. The van der Waals surface area contributed by atoms with Gasteiger partial charge in [-0.1, -0.05) is 6.08 Å². The van der Waals surface area contributed by atoms with E-state index in [1.54, 1.807) is 13.0 Å². The molecule has 2 N–H and O–H groups in total. The molecule has 0 aliphatic carbocycles. The normalized spacial score (nSPS) is 11.4. The van der Waals surface area contributed by atoms with Crippen LogP contribution in [0, 0.1) is 0 Å². The van der Waals surface area contributed by atoms with Gasteiger partial charge in [-0.2, -0.15) is 0 Å². The van der Waals surface area contributed by atoms with Crippen molar-refractivity contribution in [3.8, 4) is 11.5 Å². The number of rotatable bonds is 9. The van der Waals surface area contributed by atoms with Crippen LogP contribution in [-0.4, -0.2) is 43.9 Å². The molecule has 0 radical (unpaired) electrons. The number of ether oxygens (including phenoxy) is 3. The fraction of sp³-hybridized carbons (Fsp3) is 0.375. The maximum absolute atomic E-state index is 12.1. The molecule has 1 unspecified atom stereocenters. The minimum absolute atomic E-state index is 0.0295. The zero-order valence-corrected chi connectivity index (χ0v) is 13.4. The number of hydrogen-bond donors (Lipinski definition) is 2. The Morgan fingerprint density at radius 2 is 2.04 bits per heavy atom. The number of carboxylic acids is 1. The van der Waals surface area contributed by atoms with Crippen LogP contribution in [0.2, 0.25) is 0 Å². The summed E-state index contributed by atoms with van der Waals surface area (Å²) in [4.78, 5) is 23.3. The Bertz CT molecular complexity index is 584. The molecule has 1 aromatic rings. The van der Waals surface area contributed by atoms with Gasteiger partial charge in [0.2, 0.25) is 0 Å². The highest BCUT2D eigenvalue weighted by Crippen LogP contribution is 2.36. The van der Waals surface area contributed by atoms with E-state index in [1.165, 1.54) is 26.4 Å². The maximum Gasteiger partial charge on any atom is 0.335 e. The molecule has 0 spiro atoms. The SMILES string of the molecule is C=CCCOC(C)C(=O)Nc1cc(C(=O)O)cc(OC)c1OC. The van der Waals surface area contributed by atoms with Crippen LogP contribution >= 0.6 is 0 Å². The Hall–Kier alpha value is -2.54. The van der Waals surface area contributed by atoms with Crippen molar-refractivity contribution in [2.75, 3.05) is 26.1 Å². The molecule has 126 valence electrons. The van der Waals surface area contributed by atoms with Gasteiger partial charge in [0.15, 0.2) is 11.5 Å². The lowest BCUT2D eigenvalue weighted by molar-refractivity contribution is -0.126. The third kappa shape index (κ3) is 5.00. The number of aromatic carboxylic acids is 1. The van der Waals surface area contributed by atoms with Crippen LogP contribution in [0.15, 0.2) is 24.8 Å². The Morgan fingerprint density at radius 3 is 2.57 bits per heavy atom. The van der Waals surface area contributed by atoms with E-state index in [-0.39, 0.29) is 22.7 Å². The molecule has 7 nitrogen and oxygen atoms in total. The fourth-order valence-electron chi connectivity index (χ4n) is 1.82. The highest BCUT2D eigenvalue weighted by Gasteiger charge is 2.20. The smallest absolute Gasteiger partial charge is 0.335 e. The van der Waals surface area contributed by atoms with Gasteiger partial charge in [0.25, 0.3) is 5.91 Å².